The van der Waals surface area contributed by atoms with Gasteiger partial charge in [-0.15, -0.1) is 0 Å². The van der Waals surface area contributed by atoms with E-state index < -0.39 is 11.7 Å². The number of carbonyl (C=O) groups is 3. The van der Waals surface area contributed by atoms with Crippen molar-refractivity contribution in [3.63, 3.8) is 0 Å². The molecule has 8 nitrogen and oxygen atoms in total. The Morgan fingerprint density at radius 3 is 2.46 bits per heavy atom. The smallest absolute Gasteiger partial charge is 0.407 e. The zero-order valence-electron chi connectivity index (χ0n) is 15.0. The van der Waals surface area contributed by atoms with Crippen LogP contribution in [0.4, 0.5) is 4.79 Å². The number of methoxy groups -OCH3 is 1. The van der Waals surface area contributed by atoms with Crippen molar-refractivity contribution in [2.45, 2.75) is 39.2 Å². The molecule has 1 rings (SSSR count). The van der Waals surface area contributed by atoms with E-state index in [-0.39, 0.29) is 24.3 Å². The Kier molecular flexibility index (Phi) is 7.97. The van der Waals surface area contributed by atoms with Crippen LogP contribution in [0.15, 0.2) is 0 Å². The molecule has 1 heterocycles. The molecule has 0 radical (unpaired) electrons. The van der Waals surface area contributed by atoms with Crippen molar-refractivity contribution < 1.29 is 23.9 Å². The summed E-state index contributed by atoms with van der Waals surface area (Å²) in [5, 5.41) is 5.37. The van der Waals surface area contributed by atoms with Gasteiger partial charge in [-0.05, 0) is 33.6 Å². The largest absolute Gasteiger partial charge is 0.444 e. The van der Waals surface area contributed by atoms with E-state index in [2.05, 4.69) is 10.6 Å². The lowest BCUT2D eigenvalue weighted by atomic mass is 9.97. The Hall–Kier alpha value is -1.83. The first-order chi connectivity index (χ1) is 11.2. The molecular weight excluding hydrogens is 314 g/mol. The summed E-state index contributed by atoms with van der Waals surface area (Å²) in [4.78, 5) is 37.1. The van der Waals surface area contributed by atoms with Gasteiger partial charge in [-0.3, -0.25) is 9.59 Å². The van der Waals surface area contributed by atoms with Gasteiger partial charge in [-0.1, -0.05) is 0 Å². The Labute approximate surface area is 143 Å². The van der Waals surface area contributed by atoms with Gasteiger partial charge in [0, 0.05) is 33.3 Å². The second-order valence-electron chi connectivity index (χ2n) is 6.83. The number of nitrogens with zero attached hydrogens (tertiary/aromatic N) is 1. The monoisotopic (exact) mass is 343 g/mol. The molecule has 1 unspecified atom stereocenters. The molecule has 0 aliphatic carbocycles. The number of amides is 3. The minimum atomic E-state index is -0.548. The van der Waals surface area contributed by atoms with Crippen LogP contribution in [-0.2, 0) is 19.1 Å². The molecule has 3 amide bonds. The average Bonchev–Trinajstić information content (AvgIpc) is 2.50. The third kappa shape index (κ3) is 7.63. The maximum Gasteiger partial charge on any atom is 0.407 e. The summed E-state index contributed by atoms with van der Waals surface area (Å²) in [5.41, 5.74) is -0.548. The van der Waals surface area contributed by atoms with Gasteiger partial charge in [-0.2, -0.15) is 0 Å². The van der Waals surface area contributed by atoms with Crippen LogP contribution in [0.2, 0.25) is 0 Å². The third-order valence-electron chi connectivity index (χ3n) is 3.51. The normalized spacial score (nSPS) is 18.0. The highest BCUT2D eigenvalue weighted by Gasteiger charge is 2.28. The van der Waals surface area contributed by atoms with Crippen molar-refractivity contribution in [1.82, 2.24) is 15.5 Å². The third-order valence-corrected chi connectivity index (χ3v) is 3.51. The fourth-order valence-corrected chi connectivity index (χ4v) is 2.44. The molecule has 1 atom stereocenters. The van der Waals surface area contributed by atoms with Crippen molar-refractivity contribution in [3.8, 4) is 0 Å². The van der Waals surface area contributed by atoms with Gasteiger partial charge in [0.15, 0.2) is 0 Å². The van der Waals surface area contributed by atoms with Crippen LogP contribution in [0.25, 0.3) is 0 Å². The maximum atomic E-state index is 12.2. The first kappa shape index (κ1) is 20.2. The molecule has 138 valence electrons. The number of ether oxygens (including phenoxy) is 2. The molecule has 0 spiro atoms. The van der Waals surface area contributed by atoms with E-state index in [1.807, 2.05) is 0 Å². The molecule has 0 aromatic rings. The van der Waals surface area contributed by atoms with Crippen LogP contribution >= 0.6 is 0 Å². The number of hydrogen-bond donors (Lipinski definition) is 2. The van der Waals surface area contributed by atoms with E-state index in [1.54, 1.807) is 25.7 Å². The van der Waals surface area contributed by atoms with E-state index in [1.165, 1.54) is 7.11 Å². The van der Waals surface area contributed by atoms with Crippen molar-refractivity contribution in [2.75, 3.05) is 39.9 Å². The van der Waals surface area contributed by atoms with Gasteiger partial charge in [-0.25, -0.2) is 4.79 Å². The van der Waals surface area contributed by atoms with Crippen molar-refractivity contribution >= 4 is 17.9 Å². The summed E-state index contributed by atoms with van der Waals surface area (Å²) in [6, 6.07) is 0. The van der Waals surface area contributed by atoms with Crippen molar-refractivity contribution in [3.05, 3.63) is 0 Å². The Bertz CT molecular complexity index is 447. The van der Waals surface area contributed by atoms with Gasteiger partial charge >= 0.3 is 6.09 Å². The molecule has 2 N–H and O–H groups in total. The summed E-state index contributed by atoms with van der Waals surface area (Å²) < 4.78 is 9.95. The average molecular weight is 343 g/mol. The molecule has 24 heavy (non-hydrogen) atoms. The second kappa shape index (κ2) is 9.46. The number of alkyl carbamates (subject to hydrolysis) is 1. The summed E-state index contributed by atoms with van der Waals surface area (Å²) in [7, 11) is 1.48. The van der Waals surface area contributed by atoms with E-state index in [0.29, 0.717) is 26.2 Å². The van der Waals surface area contributed by atoms with Crippen LogP contribution < -0.4 is 10.6 Å². The number of hydrogen-bond acceptors (Lipinski definition) is 5. The lowest BCUT2D eigenvalue weighted by molar-refractivity contribution is -0.138. The lowest BCUT2D eigenvalue weighted by Gasteiger charge is -2.32. The zero-order valence-corrected chi connectivity index (χ0v) is 15.0. The molecule has 8 heteroatoms. The maximum absolute atomic E-state index is 12.2. The molecule has 1 fully saturated rings. The molecule has 1 saturated heterocycles. The first-order valence-corrected chi connectivity index (χ1v) is 8.24. The molecular formula is C16H29N3O5. The van der Waals surface area contributed by atoms with Gasteiger partial charge in [0.25, 0.3) is 0 Å². The highest BCUT2D eigenvalue weighted by Crippen LogP contribution is 2.16. The van der Waals surface area contributed by atoms with Crippen LogP contribution in [0.1, 0.15) is 33.6 Å². The van der Waals surface area contributed by atoms with Crippen molar-refractivity contribution in [1.29, 1.82) is 0 Å². The Balaban J connectivity index is 2.27. The summed E-state index contributed by atoms with van der Waals surface area (Å²) in [5.74, 6) is -0.418. The van der Waals surface area contributed by atoms with E-state index in [0.717, 1.165) is 12.8 Å². The minimum Gasteiger partial charge on any atom is -0.444 e. The van der Waals surface area contributed by atoms with E-state index in [4.69, 9.17) is 9.47 Å². The molecule has 0 aromatic heterocycles. The minimum absolute atomic E-state index is 0.0359. The van der Waals surface area contributed by atoms with E-state index in [9.17, 15) is 14.4 Å². The highest BCUT2D eigenvalue weighted by molar-refractivity contribution is 5.81. The van der Waals surface area contributed by atoms with Crippen LogP contribution in [0.3, 0.4) is 0 Å². The van der Waals surface area contributed by atoms with Gasteiger partial charge < -0.3 is 25.0 Å². The van der Waals surface area contributed by atoms with Gasteiger partial charge in [0.1, 0.15) is 12.2 Å². The number of carbonyl (C=O) groups excluding carboxylic acids is 3. The Morgan fingerprint density at radius 1 is 1.17 bits per heavy atom. The van der Waals surface area contributed by atoms with E-state index >= 15 is 0 Å². The van der Waals surface area contributed by atoms with Crippen molar-refractivity contribution in [2.24, 2.45) is 5.92 Å². The predicted octanol–water partition coefficient (Wildman–Crippen LogP) is 0.512. The highest BCUT2D eigenvalue weighted by atomic mass is 16.6. The summed E-state index contributed by atoms with van der Waals surface area (Å²) in [6.45, 7) is 7.07. The topological polar surface area (TPSA) is 97.0 Å². The van der Waals surface area contributed by atoms with Crippen LogP contribution in [0.5, 0.6) is 0 Å². The Morgan fingerprint density at radius 2 is 1.83 bits per heavy atom. The first-order valence-electron chi connectivity index (χ1n) is 8.24. The van der Waals surface area contributed by atoms with Gasteiger partial charge in [0.05, 0.1) is 5.92 Å². The lowest BCUT2D eigenvalue weighted by Crippen LogP contribution is -2.47. The SMILES string of the molecule is COCC(=O)N1CCCC(C(=O)NCCNC(=O)OC(C)(C)C)C1. The van der Waals surface area contributed by atoms with Gasteiger partial charge in [0.2, 0.25) is 11.8 Å². The number of nitrogens with one attached hydrogen (secondary N) is 2. The molecule has 0 aromatic carbocycles. The number of rotatable bonds is 6. The molecule has 1 aliphatic rings. The predicted molar refractivity (Wildman–Crippen MR) is 88.4 cm³/mol. The fraction of sp³-hybridized carbons (Fsp3) is 0.812. The molecule has 0 saturated carbocycles. The zero-order chi connectivity index (χ0) is 18.2. The molecule has 1 aliphatic heterocycles. The summed E-state index contributed by atoms with van der Waals surface area (Å²) >= 11 is 0. The quantitative estimate of drug-likeness (QED) is 0.685. The fourth-order valence-electron chi connectivity index (χ4n) is 2.44. The molecule has 0 bridgehead atoms. The van der Waals surface area contributed by atoms with Crippen LogP contribution in [0, 0.1) is 5.92 Å². The van der Waals surface area contributed by atoms with Crippen LogP contribution in [-0.4, -0.2) is 68.3 Å². The number of likely N-dealkylation sites (tertiary alicyclic amines) is 1. The second-order valence-corrected chi connectivity index (χ2v) is 6.83. The standard InChI is InChI=1S/C16H29N3O5/c1-16(2,3)24-15(22)18-8-7-17-14(21)12-6-5-9-19(10-12)13(20)11-23-4/h12H,5-11H2,1-4H3,(H,17,21)(H,18,22). The summed E-state index contributed by atoms with van der Waals surface area (Å²) in [6.07, 6.45) is 1.04. The number of piperidine rings is 1.